The molecule has 0 atom stereocenters. The quantitative estimate of drug-likeness (QED) is 0.133. The zero-order valence-electron chi connectivity index (χ0n) is 20.6. The second-order valence-electron chi connectivity index (χ2n) is 6.90. The maximum atomic E-state index is 12.0. The van der Waals surface area contributed by atoms with Gasteiger partial charge in [-0.2, -0.15) is 0 Å². The maximum absolute atomic E-state index is 12.0. The van der Waals surface area contributed by atoms with E-state index in [2.05, 4.69) is 10.6 Å². The van der Waals surface area contributed by atoms with Gasteiger partial charge in [0.1, 0.15) is 12.6 Å². The molecule has 0 unspecified atom stereocenters. The molecule has 192 valence electrons. The van der Waals surface area contributed by atoms with Gasteiger partial charge in [-0.05, 0) is 6.54 Å². The topological polar surface area (TPSA) is 132 Å². The van der Waals surface area contributed by atoms with Gasteiger partial charge in [0.25, 0.3) is 0 Å². The van der Waals surface area contributed by atoms with E-state index in [0.717, 1.165) is 12.6 Å². The summed E-state index contributed by atoms with van der Waals surface area (Å²) in [5.74, 6) is -0.227. The van der Waals surface area contributed by atoms with Crippen LogP contribution in [0.15, 0.2) is 0 Å². The summed E-state index contributed by atoms with van der Waals surface area (Å²) in [7, 11) is 0. The minimum Gasteiger partial charge on any atom is -0.379 e. The summed E-state index contributed by atoms with van der Waals surface area (Å²) in [6, 6.07) is 0. The van der Waals surface area contributed by atoms with Crippen LogP contribution in [0.4, 0.5) is 0 Å². The van der Waals surface area contributed by atoms with Gasteiger partial charge in [0.2, 0.25) is 11.8 Å². The highest BCUT2D eigenvalue weighted by Gasteiger charge is 2.09. The van der Waals surface area contributed by atoms with Crippen molar-refractivity contribution in [2.45, 2.75) is 32.6 Å². The Morgan fingerprint density at radius 3 is 1.55 bits per heavy atom. The zero-order chi connectivity index (χ0) is 25.1. The normalized spacial score (nSPS) is 11.2. The summed E-state index contributed by atoms with van der Waals surface area (Å²) < 4.78 is 28.4. The van der Waals surface area contributed by atoms with Crippen LogP contribution < -0.4 is 10.6 Å². The molecule has 0 aromatic carbocycles. The fourth-order valence-electron chi connectivity index (χ4n) is 2.46. The molecule has 11 heteroatoms. The van der Waals surface area contributed by atoms with Gasteiger partial charge in [0, 0.05) is 53.2 Å². The predicted molar refractivity (Wildman–Crippen MR) is 122 cm³/mol. The van der Waals surface area contributed by atoms with Crippen molar-refractivity contribution in [3.8, 4) is 0 Å². The van der Waals surface area contributed by atoms with Gasteiger partial charge < -0.3 is 44.1 Å². The van der Waals surface area contributed by atoms with Crippen molar-refractivity contribution < 1.29 is 39.5 Å². The average Bonchev–Trinajstić information content (AvgIpc) is 2.83. The SMILES string of the molecule is [3H]CCN(CCC(=O)NCCOCCOCCC=O)CCC(=O)NCCOCCOCCC=O. The molecule has 0 saturated heterocycles. The van der Waals surface area contributed by atoms with Crippen LogP contribution in [-0.4, -0.2) is 115 Å². The van der Waals surface area contributed by atoms with Crippen LogP contribution in [0.25, 0.3) is 0 Å². The highest BCUT2D eigenvalue weighted by Crippen LogP contribution is 1.95. The Kier molecular flexibility index (Phi) is 21.8. The van der Waals surface area contributed by atoms with E-state index in [1.165, 1.54) is 0 Å². The van der Waals surface area contributed by atoms with Crippen molar-refractivity contribution in [1.82, 2.24) is 15.5 Å². The third-order valence-electron chi connectivity index (χ3n) is 4.27. The van der Waals surface area contributed by atoms with Crippen molar-refractivity contribution in [2.24, 2.45) is 0 Å². The van der Waals surface area contributed by atoms with E-state index in [0.29, 0.717) is 98.4 Å². The lowest BCUT2D eigenvalue weighted by Crippen LogP contribution is -2.35. The van der Waals surface area contributed by atoms with Gasteiger partial charge in [0.15, 0.2) is 0 Å². The Morgan fingerprint density at radius 1 is 0.727 bits per heavy atom. The van der Waals surface area contributed by atoms with Gasteiger partial charge in [-0.1, -0.05) is 6.90 Å². The van der Waals surface area contributed by atoms with Crippen LogP contribution in [-0.2, 0) is 38.1 Å². The number of nitrogens with one attached hydrogen (secondary N) is 2. The molecular formula is C22H41N3O8. The fourth-order valence-corrected chi connectivity index (χ4v) is 2.46. The first-order valence-corrected chi connectivity index (χ1v) is 11.4. The van der Waals surface area contributed by atoms with Gasteiger partial charge in [-0.3, -0.25) is 9.59 Å². The van der Waals surface area contributed by atoms with E-state index in [4.69, 9.17) is 20.3 Å². The van der Waals surface area contributed by atoms with Crippen LogP contribution in [0, 0.1) is 0 Å². The minimum absolute atomic E-state index is 0.113. The molecule has 33 heavy (non-hydrogen) atoms. The van der Waals surface area contributed by atoms with Crippen LogP contribution in [0.1, 0.15) is 34.0 Å². The van der Waals surface area contributed by atoms with E-state index in [1.807, 2.05) is 4.90 Å². The van der Waals surface area contributed by atoms with Crippen LogP contribution in [0.2, 0.25) is 0 Å². The first-order valence-electron chi connectivity index (χ1n) is 12.1. The van der Waals surface area contributed by atoms with Crippen molar-refractivity contribution in [2.75, 3.05) is 85.6 Å². The van der Waals surface area contributed by atoms with Crippen molar-refractivity contribution >= 4 is 24.4 Å². The summed E-state index contributed by atoms with van der Waals surface area (Å²) in [5, 5.41) is 5.55. The van der Waals surface area contributed by atoms with Gasteiger partial charge >= 0.3 is 0 Å². The Morgan fingerprint density at radius 2 is 1.15 bits per heavy atom. The molecule has 2 N–H and O–H groups in total. The molecule has 0 rings (SSSR count). The fraction of sp³-hybridized carbons (Fsp3) is 0.818. The summed E-state index contributed by atoms with van der Waals surface area (Å²) in [4.78, 5) is 46.2. The van der Waals surface area contributed by atoms with Gasteiger partial charge in [-0.15, -0.1) is 0 Å². The van der Waals surface area contributed by atoms with E-state index in [9.17, 15) is 19.2 Å². The highest BCUT2D eigenvalue weighted by atomic mass is 16.5. The van der Waals surface area contributed by atoms with Gasteiger partial charge in [0.05, 0.1) is 52.9 Å². The number of hydrogen-bond donors (Lipinski definition) is 2. The lowest BCUT2D eigenvalue weighted by molar-refractivity contribution is -0.121. The third kappa shape index (κ3) is 23.0. The number of hydrogen-bond acceptors (Lipinski definition) is 9. The van der Waals surface area contributed by atoms with Crippen LogP contribution >= 0.6 is 0 Å². The smallest absolute Gasteiger partial charge is 0.221 e. The molecule has 0 aromatic heterocycles. The van der Waals surface area contributed by atoms with Crippen LogP contribution in [0.3, 0.4) is 0 Å². The standard InChI is InChI=1S/C22H41N3O8/c1-2-25(9-5-21(28)23-7-15-32-19-17-30-13-3-11-26)10-6-22(29)24-8-16-33-20-18-31-14-4-12-27/h11-12H,2-10,13-20H2,1H3,(H,23,28)(H,24,29)/i1T. The van der Waals surface area contributed by atoms with Crippen molar-refractivity contribution in [3.63, 3.8) is 0 Å². The highest BCUT2D eigenvalue weighted by molar-refractivity contribution is 5.76. The summed E-state index contributed by atoms with van der Waals surface area (Å²) >= 11 is 0. The largest absolute Gasteiger partial charge is 0.379 e. The molecule has 0 spiro atoms. The van der Waals surface area contributed by atoms with E-state index in [-0.39, 0.29) is 31.6 Å². The number of carbonyl (C=O) groups excluding carboxylic acids is 4. The molecule has 0 aliphatic carbocycles. The first-order chi connectivity index (χ1) is 16.6. The second kappa shape index (κ2) is 24.7. The Balaban J connectivity index is 3.73. The molecule has 0 bridgehead atoms. The Hall–Kier alpha value is -1.92. The Labute approximate surface area is 198 Å². The molecule has 0 aliphatic rings. The van der Waals surface area contributed by atoms with Crippen molar-refractivity contribution in [3.05, 3.63) is 0 Å². The molecule has 0 aromatic rings. The van der Waals surface area contributed by atoms with E-state index < -0.39 is 0 Å². The monoisotopic (exact) mass is 477 g/mol. The third-order valence-corrected chi connectivity index (χ3v) is 4.27. The molecule has 0 fully saturated rings. The number of amides is 2. The number of ether oxygens (including phenoxy) is 4. The first kappa shape index (κ1) is 29.1. The van der Waals surface area contributed by atoms with Crippen molar-refractivity contribution in [1.29, 1.82) is 0 Å². The van der Waals surface area contributed by atoms with E-state index >= 15 is 0 Å². The number of rotatable bonds is 25. The van der Waals surface area contributed by atoms with Crippen LogP contribution in [0.5, 0.6) is 0 Å². The average molecular weight is 478 g/mol. The molecule has 0 saturated carbocycles. The Bertz CT molecular complexity index is 486. The summed E-state index contributed by atoms with van der Waals surface area (Å²) in [6.07, 6.45) is 2.89. The molecule has 0 heterocycles. The summed E-state index contributed by atoms with van der Waals surface area (Å²) in [6.45, 7) is 5.52. The lowest BCUT2D eigenvalue weighted by atomic mass is 10.3. The lowest BCUT2D eigenvalue weighted by Gasteiger charge is -2.19. The molecule has 2 amide bonds. The molecule has 0 aliphatic heterocycles. The number of carbonyl (C=O) groups is 4. The zero-order valence-corrected chi connectivity index (χ0v) is 19.6. The summed E-state index contributed by atoms with van der Waals surface area (Å²) in [5.41, 5.74) is 0. The minimum atomic E-state index is -0.113. The molecule has 0 radical (unpaired) electrons. The van der Waals surface area contributed by atoms with E-state index in [1.54, 1.807) is 0 Å². The molecule has 11 nitrogen and oxygen atoms in total. The van der Waals surface area contributed by atoms with Gasteiger partial charge in [-0.25, -0.2) is 0 Å². The predicted octanol–water partition coefficient (Wildman–Crippen LogP) is -0.435. The molecular weight excluding hydrogens is 434 g/mol. The second-order valence-corrected chi connectivity index (χ2v) is 6.90. The number of nitrogens with zero attached hydrogens (tertiary/aromatic N) is 1. The maximum Gasteiger partial charge on any atom is 0.221 e. The number of aldehydes is 2.